The predicted molar refractivity (Wildman–Crippen MR) is 97.1 cm³/mol. The zero-order chi connectivity index (χ0) is 16.2. The topological polar surface area (TPSA) is 20.3 Å². The highest BCUT2D eigenvalue weighted by Crippen LogP contribution is 2.23. The van der Waals surface area contributed by atoms with Crippen LogP contribution in [0.25, 0.3) is 0 Å². The van der Waals surface area contributed by atoms with Crippen LogP contribution in [0.2, 0.25) is 0 Å². The Morgan fingerprint density at radius 2 is 1.74 bits per heavy atom. The van der Waals surface area contributed by atoms with E-state index in [0.717, 1.165) is 24.0 Å². The predicted octanol–water partition coefficient (Wildman–Crippen LogP) is 4.56. The van der Waals surface area contributed by atoms with Crippen molar-refractivity contribution in [3.8, 4) is 0 Å². The second kappa shape index (κ2) is 7.22. The molecule has 0 saturated carbocycles. The van der Waals surface area contributed by atoms with Crippen LogP contribution in [0.15, 0.2) is 47.4 Å². The fourth-order valence-electron chi connectivity index (χ4n) is 3.16. The number of carbonyl (C=O) groups is 1. The van der Waals surface area contributed by atoms with Crippen LogP contribution in [-0.4, -0.2) is 24.1 Å². The van der Waals surface area contributed by atoms with Crippen molar-refractivity contribution in [1.82, 2.24) is 4.90 Å². The van der Waals surface area contributed by atoms with E-state index in [1.165, 1.54) is 28.9 Å². The average Bonchev–Trinajstić information content (AvgIpc) is 2.61. The van der Waals surface area contributed by atoms with Crippen molar-refractivity contribution in [2.75, 3.05) is 13.3 Å². The fraction of sp³-hybridized carbons (Fsp3) is 0.350. The highest BCUT2D eigenvalue weighted by molar-refractivity contribution is 7.98. The summed E-state index contributed by atoms with van der Waals surface area (Å²) in [6.45, 7) is 0.643. The quantitative estimate of drug-likeness (QED) is 0.768. The SMILES string of the molecule is CSc1ccc(CN(C)C(=O)c2ccc3c(c2)CCCC3)cc1. The van der Waals surface area contributed by atoms with Gasteiger partial charge < -0.3 is 4.90 Å². The molecule has 3 rings (SSSR count). The Labute approximate surface area is 142 Å². The molecule has 0 N–H and O–H groups in total. The lowest BCUT2D eigenvalue weighted by Gasteiger charge is -2.20. The number of rotatable bonds is 4. The van der Waals surface area contributed by atoms with Gasteiger partial charge in [0.05, 0.1) is 0 Å². The molecule has 0 unspecified atom stereocenters. The largest absolute Gasteiger partial charge is 0.337 e. The maximum absolute atomic E-state index is 12.7. The van der Waals surface area contributed by atoms with Gasteiger partial charge in [0.2, 0.25) is 0 Å². The number of amides is 1. The van der Waals surface area contributed by atoms with Gasteiger partial charge in [-0.05, 0) is 72.9 Å². The smallest absolute Gasteiger partial charge is 0.253 e. The van der Waals surface area contributed by atoms with Gasteiger partial charge in [-0.3, -0.25) is 4.79 Å². The van der Waals surface area contributed by atoms with Crippen molar-refractivity contribution in [1.29, 1.82) is 0 Å². The van der Waals surface area contributed by atoms with Crippen LogP contribution in [-0.2, 0) is 19.4 Å². The van der Waals surface area contributed by atoms with Crippen molar-refractivity contribution in [3.05, 3.63) is 64.7 Å². The highest BCUT2D eigenvalue weighted by Gasteiger charge is 2.16. The molecule has 120 valence electrons. The first kappa shape index (κ1) is 16.1. The summed E-state index contributed by atoms with van der Waals surface area (Å²) in [4.78, 5) is 15.7. The third kappa shape index (κ3) is 3.78. The molecule has 0 saturated heterocycles. The Bertz CT molecular complexity index is 693. The second-order valence-corrected chi connectivity index (χ2v) is 7.08. The Hall–Kier alpha value is -1.74. The normalized spacial score (nSPS) is 13.5. The first-order valence-electron chi connectivity index (χ1n) is 8.17. The lowest BCUT2D eigenvalue weighted by molar-refractivity contribution is 0.0785. The van der Waals surface area contributed by atoms with E-state index in [1.807, 2.05) is 13.1 Å². The van der Waals surface area contributed by atoms with Crippen LogP contribution in [0.4, 0.5) is 0 Å². The monoisotopic (exact) mass is 325 g/mol. The summed E-state index contributed by atoms with van der Waals surface area (Å²) in [5.41, 5.74) is 4.76. The van der Waals surface area contributed by atoms with Gasteiger partial charge in [0.1, 0.15) is 0 Å². The van der Waals surface area contributed by atoms with E-state index in [4.69, 9.17) is 0 Å². The van der Waals surface area contributed by atoms with Gasteiger partial charge >= 0.3 is 0 Å². The fourth-order valence-corrected chi connectivity index (χ4v) is 3.57. The minimum atomic E-state index is 0.104. The number of aryl methyl sites for hydroxylation is 2. The summed E-state index contributed by atoms with van der Waals surface area (Å²) in [6, 6.07) is 14.6. The first-order valence-corrected chi connectivity index (χ1v) is 9.40. The average molecular weight is 325 g/mol. The van der Waals surface area contributed by atoms with E-state index < -0.39 is 0 Å². The number of thioether (sulfide) groups is 1. The van der Waals surface area contributed by atoms with Crippen molar-refractivity contribution in [2.24, 2.45) is 0 Å². The highest BCUT2D eigenvalue weighted by atomic mass is 32.2. The number of hydrogen-bond donors (Lipinski definition) is 0. The van der Waals surface area contributed by atoms with E-state index in [-0.39, 0.29) is 5.91 Å². The maximum atomic E-state index is 12.7. The van der Waals surface area contributed by atoms with Crippen molar-refractivity contribution in [3.63, 3.8) is 0 Å². The molecule has 0 heterocycles. The summed E-state index contributed by atoms with van der Waals surface area (Å²) < 4.78 is 0. The van der Waals surface area contributed by atoms with E-state index in [0.29, 0.717) is 6.54 Å². The number of hydrogen-bond acceptors (Lipinski definition) is 2. The lowest BCUT2D eigenvalue weighted by atomic mass is 9.90. The van der Waals surface area contributed by atoms with Crippen molar-refractivity contribution < 1.29 is 4.79 Å². The zero-order valence-electron chi connectivity index (χ0n) is 13.8. The van der Waals surface area contributed by atoms with Crippen molar-refractivity contribution in [2.45, 2.75) is 37.1 Å². The lowest BCUT2D eigenvalue weighted by Crippen LogP contribution is -2.26. The zero-order valence-corrected chi connectivity index (χ0v) is 14.7. The molecule has 2 nitrogen and oxygen atoms in total. The van der Waals surface area contributed by atoms with Gasteiger partial charge in [-0.25, -0.2) is 0 Å². The Morgan fingerprint density at radius 3 is 2.43 bits per heavy atom. The Kier molecular flexibility index (Phi) is 5.06. The van der Waals surface area contributed by atoms with E-state index >= 15 is 0 Å². The van der Waals surface area contributed by atoms with Gasteiger partial charge in [0.15, 0.2) is 0 Å². The van der Waals surface area contributed by atoms with Crippen LogP contribution >= 0.6 is 11.8 Å². The molecule has 0 fully saturated rings. The van der Waals surface area contributed by atoms with E-state index in [9.17, 15) is 4.79 Å². The molecule has 3 heteroatoms. The molecule has 0 aliphatic heterocycles. The summed E-state index contributed by atoms with van der Waals surface area (Å²) in [6.07, 6.45) is 6.84. The summed E-state index contributed by atoms with van der Waals surface area (Å²) in [5.74, 6) is 0.104. The van der Waals surface area contributed by atoms with Gasteiger partial charge in [-0.15, -0.1) is 11.8 Å². The number of nitrogens with zero attached hydrogens (tertiary/aromatic N) is 1. The maximum Gasteiger partial charge on any atom is 0.253 e. The van der Waals surface area contributed by atoms with Gasteiger partial charge in [-0.2, -0.15) is 0 Å². The number of fused-ring (bicyclic) bond motifs is 1. The molecule has 0 spiro atoms. The molecule has 2 aromatic rings. The molecule has 0 aromatic heterocycles. The Balaban J connectivity index is 1.71. The molecule has 0 bridgehead atoms. The van der Waals surface area contributed by atoms with Gasteiger partial charge in [0.25, 0.3) is 5.91 Å². The summed E-state index contributed by atoms with van der Waals surface area (Å²) in [5, 5.41) is 0. The number of carbonyl (C=O) groups excluding carboxylic acids is 1. The molecule has 1 aliphatic carbocycles. The summed E-state index contributed by atoms with van der Waals surface area (Å²) >= 11 is 1.73. The van der Waals surface area contributed by atoms with E-state index in [1.54, 1.807) is 16.7 Å². The molecule has 23 heavy (non-hydrogen) atoms. The van der Waals surface area contributed by atoms with Crippen LogP contribution < -0.4 is 0 Å². The van der Waals surface area contributed by atoms with E-state index in [2.05, 4.69) is 42.7 Å². The third-order valence-electron chi connectivity index (χ3n) is 4.52. The van der Waals surface area contributed by atoms with Crippen LogP contribution in [0.3, 0.4) is 0 Å². The molecular formula is C20H23NOS. The molecule has 0 atom stereocenters. The number of benzene rings is 2. The minimum Gasteiger partial charge on any atom is -0.337 e. The second-order valence-electron chi connectivity index (χ2n) is 6.20. The van der Waals surface area contributed by atoms with Gasteiger partial charge in [0, 0.05) is 24.1 Å². The van der Waals surface area contributed by atoms with Crippen LogP contribution in [0.1, 0.15) is 39.9 Å². The summed E-state index contributed by atoms with van der Waals surface area (Å²) in [7, 11) is 1.88. The van der Waals surface area contributed by atoms with Crippen LogP contribution in [0.5, 0.6) is 0 Å². The van der Waals surface area contributed by atoms with Crippen LogP contribution in [0, 0.1) is 0 Å². The minimum absolute atomic E-state index is 0.104. The molecule has 2 aromatic carbocycles. The molecule has 1 aliphatic rings. The molecule has 0 radical (unpaired) electrons. The standard InChI is InChI=1S/C20H23NOS/c1-21(14-15-7-11-19(23-2)12-8-15)20(22)18-10-9-16-5-3-4-6-17(16)13-18/h7-13H,3-6,14H2,1-2H3. The Morgan fingerprint density at radius 1 is 1.04 bits per heavy atom. The molecular weight excluding hydrogens is 302 g/mol. The third-order valence-corrected chi connectivity index (χ3v) is 5.26. The van der Waals surface area contributed by atoms with Crippen molar-refractivity contribution >= 4 is 17.7 Å². The molecule has 1 amide bonds. The first-order chi connectivity index (χ1) is 11.2. The van der Waals surface area contributed by atoms with Gasteiger partial charge in [-0.1, -0.05) is 18.2 Å².